The van der Waals surface area contributed by atoms with Crippen LogP contribution in [0, 0.1) is 5.92 Å². The average molecular weight is 287 g/mol. The van der Waals surface area contributed by atoms with Crippen molar-refractivity contribution in [2.45, 2.75) is 83.7 Å². The summed E-state index contributed by atoms with van der Waals surface area (Å²) in [6.07, 6.45) is 12.4. The lowest BCUT2D eigenvalue weighted by atomic mass is 9.91. The van der Waals surface area contributed by atoms with Crippen LogP contribution in [0.5, 0.6) is 0 Å². The number of benzene rings is 1. The quantitative estimate of drug-likeness (QED) is 0.619. The van der Waals surface area contributed by atoms with E-state index in [1.807, 2.05) is 0 Å². The highest BCUT2D eigenvalue weighted by atomic mass is 15.0. The first-order chi connectivity index (χ1) is 10.3. The van der Waals surface area contributed by atoms with E-state index in [-0.39, 0.29) is 0 Å². The van der Waals surface area contributed by atoms with Crippen LogP contribution in [0.15, 0.2) is 30.3 Å². The van der Waals surface area contributed by atoms with E-state index in [1.165, 1.54) is 63.4 Å². The van der Waals surface area contributed by atoms with Crippen LogP contribution in [0.4, 0.5) is 0 Å². The highest BCUT2D eigenvalue weighted by Crippen LogP contribution is 2.28. The van der Waals surface area contributed by atoms with E-state index < -0.39 is 0 Å². The van der Waals surface area contributed by atoms with Gasteiger partial charge in [-0.2, -0.15) is 0 Å². The summed E-state index contributed by atoms with van der Waals surface area (Å²) < 4.78 is 0. The average Bonchev–Trinajstić information content (AvgIpc) is 2.81. The van der Waals surface area contributed by atoms with Gasteiger partial charge in [-0.05, 0) is 37.7 Å². The van der Waals surface area contributed by atoms with Gasteiger partial charge in [0.2, 0.25) is 0 Å². The molecule has 1 aromatic rings. The minimum Gasteiger partial charge on any atom is -0.307 e. The van der Waals surface area contributed by atoms with Crippen molar-refractivity contribution in [3.05, 3.63) is 35.9 Å². The van der Waals surface area contributed by atoms with E-state index >= 15 is 0 Å². The lowest BCUT2D eigenvalue weighted by Gasteiger charge is -2.29. The minimum absolute atomic E-state index is 0.532. The molecule has 0 amide bonds. The summed E-state index contributed by atoms with van der Waals surface area (Å²) in [5, 5.41) is 3.97. The second-order valence-electron chi connectivity index (χ2n) is 6.81. The van der Waals surface area contributed by atoms with Crippen LogP contribution < -0.4 is 5.32 Å². The highest BCUT2D eigenvalue weighted by molar-refractivity contribution is 5.19. The van der Waals surface area contributed by atoms with Crippen LogP contribution in [0.3, 0.4) is 0 Å². The monoisotopic (exact) mass is 287 g/mol. The minimum atomic E-state index is 0.532. The van der Waals surface area contributed by atoms with Gasteiger partial charge in [0.1, 0.15) is 0 Å². The Balaban J connectivity index is 1.96. The van der Waals surface area contributed by atoms with Crippen molar-refractivity contribution in [1.82, 2.24) is 5.32 Å². The first-order valence-electron chi connectivity index (χ1n) is 9.12. The maximum absolute atomic E-state index is 3.97. The highest BCUT2D eigenvalue weighted by Gasteiger charge is 2.22. The summed E-state index contributed by atoms with van der Waals surface area (Å²) in [6.45, 7) is 4.70. The number of hydrogen-bond acceptors (Lipinski definition) is 1. The van der Waals surface area contributed by atoms with Gasteiger partial charge in [0.15, 0.2) is 0 Å². The van der Waals surface area contributed by atoms with Gasteiger partial charge in [0.25, 0.3) is 0 Å². The summed E-state index contributed by atoms with van der Waals surface area (Å²) in [7, 11) is 0. The molecule has 0 aromatic heterocycles. The number of unbranched alkanes of at least 4 members (excludes halogenated alkanes) is 1. The molecule has 0 heterocycles. The number of nitrogens with one attached hydrogen (secondary N) is 1. The number of hydrogen-bond donors (Lipinski definition) is 1. The van der Waals surface area contributed by atoms with E-state index in [1.54, 1.807) is 0 Å². The summed E-state index contributed by atoms with van der Waals surface area (Å²) in [5.74, 6) is 0.875. The zero-order valence-electron chi connectivity index (χ0n) is 14.0. The third-order valence-electron chi connectivity index (χ3n) is 5.12. The maximum atomic E-state index is 3.97. The Bertz CT molecular complexity index is 365. The molecule has 0 spiro atoms. The molecule has 1 N–H and O–H groups in total. The lowest BCUT2D eigenvalue weighted by Crippen LogP contribution is -2.36. The first kappa shape index (κ1) is 16.5. The van der Waals surface area contributed by atoms with Gasteiger partial charge in [-0.25, -0.2) is 0 Å². The summed E-state index contributed by atoms with van der Waals surface area (Å²) in [4.78, 5) is 0. The molecule has 1 nitrogen and oxygen atoms in total. The van der Waals surface area contributed by atoms with Gasteiger partial charge < -0.3 is 5.32 Å². The van der Waals surface area contributed by atoms with Crippen LogP contribution in [-0.2, 0) is 0 Å². The summed E-state index contributed by atoms with van der Waals surface area (Å²) in [6, 6.07) is 12.2. The van der Waals surface area contributed by atoms with Crippen LogP contribution in [0.1, 0.15) is 83.2 Å². The molecule has 1 unspecified atom stereocenters. The molecule has 1 aliphatic rings. The summed E-state index contributed by atoms with van der Waals surface area (Å²) in [5.41, 5.74) is 1.46. The van der Waals surface area contributed by atoms with Gasteiger partial charge in [-0.1, -0.05) is 75.8 Å². The topological polar surface area (TPSA) is 12.0 Å². The predicted octanol–water partition coefficient (Wildman–Crippen LogP) is 5.87. The van der Waals surface area contributed by atoms with Crippen LogP contribution in [0.25, 0.3) is 0 Å². The smallest absolute Gasteiger partial charge is 0.0322 e. The third-order valence-corrected chi connectivity index (χ3v) is 5.12. The summed E-state index contributed by atoms with van der Waals surface area (Å²) >= 11 is 0. The standard InChI is InChI=1S/C20H33N/c1-3-4-16-20(19-14-10-7-11-15-19)21-17(2)18-12-8-5-6-9-13-18/h7,10-11,14-15,17-18,20-21H,3-6,8-9,12-13,16H2,1-2H3/t17-,20?/m1/s1. The predicted molar refractivity (Wildman–Crippen MR) is 92.5 cm³/mol. The molecule has 2 atom stereocenters. The number of rotatable bonds is 7. The van der Waals surface area contributed by atoms with Gasteiger partial charge in [-0.15, -0.1) is 0 Å². The van der Waals surface area contributed by atoms with Crippen LogP contribution in [-0.4, -0.2) is 6.04 Å². The molecule has 0 bridgehead atoms. The van der Waals surface area contributed by atoms with Crippen molar-refractivity contribution in [3.8, 4) is 0 Å². The zero-order chi connectivity index (χ0) is 14.9. The van der Waals surface area contributed by atoms with Crippen molar-refractivity contribution in [2.24, 2.45) is 5.92 Å². The first-order valence-corrected chi connectivity index (χ1v) is 9.12. The fourth-order valence-electron chi connectivity index (χ4n) is 3.70. The largest absolute Gasteiger partial charge is 0.307 e. The third kappa shape index (κ3) is 5.47. The molecular formula is C20H33N. The fraction of sp³-hybridized carbons (Fsp3) is 0.700. The lowest BCUT2D eigenvalue weighted by molar-refractivity contribution is 0.301. The molecule has 21 heavy (non-hydrogen) atoms. The van der Waals surface area contributed by atoms with Gasteiger partial charge in [-0.3, -0.25) is 0 Å². The Morgan fingerprint density at radius 2 is 1.71 bits per heavy atom. The molecule has 0 radical (unpaired) electrons. The molecule has 0 saturated heterocycles. The van der Waals surface area contributed by atoms with Crippen LogP contribution in [0.2, 0.25) is 0 Å². The van der Waals surface area contributed by atoms with E-state index in [9.17, 15) is 0 Å². The van der Waals surface area contributed by atoms with E-state index in [0.717, 1.165) is 5.92 Å². The van der Waals surface area contributed by atoms with Gasteiger partial charge in [0, 0.05) is 12.1 Å². The Labute approximate surface area is 131 Å². The molecule has 2 rings (SSSR count). The molecule has 0 aliphatic heterocycles. The molecular weight excluding hydrogens is 254 g/mol. The molecule has 1 heteroatoms. The second-order valence-corrected chi connectivity index (χ2v) is 6.81. The molecule has 1 aromatic carbocycles. The molecule has 118 valence electrons. The molecule has 1 saturated carbocycles. The van der Waals surface area contributed by atoms with Gasteiger partial charge >= 0.3 is 0 Å². The molecule has 1 aliphatic carbocycles. The second kappa shape index (κ2) is 9.25. The Hall–Kier alpha value is -0.820. The van der Waals surface area contributed by atoms with Crippen molar-refractivity contribution >= 4 is 0 Å². The Morgan fingerprint density at radius 3 is 2.33 bits per heavy atom. The van der Waals surface area contributed by atoms with Crippen LogP contribution >= 0.6 is 0 Å². The zero-order valence-corrected chi connectivity index (χ0v) is 14.0. The van der Waals surface area contributed by atoms with E-state index in [4.69, 9.17) is 0 Å². The van der Waals surface area contributed by atoms with Gasteiger partial charge in [0.05, 0.1) is 0 Å². The van der Waals surface area contributed by atoms with Crippen molar-refractivity contribution in [1.29, 1.82) is 0 Å². The maximum Gasteiger partial charge on any atom is 0.0322 e. The van der Waals surface area contributed by atoms with E-state index in [0.29, 0.717) is 12.1 Å². The van der Waals surface area contributed by atoms with Crippen molar-refractivity contribution < 1.29 is 0 Å². The normalized spacial score (nSPS) is 19.9. The van der Waals surface area contributed by atoms with Crippen molar-refractivity contribution in [2.75, 3.05) is 0 Å². The Morgan fingerprint density at radius 1 is 1.05 bits per heavy atom. The molecule has 1 fully saturated rings. The van der Waals surface area contributed by atoms with E-state index in [2.05, 4.69) is 49.5 Å². The Kier molecular flexibility index (Phi) is 7.29. The fourth-order valence-corrected chi connectivity index (χ4v) is 3.70. The van der Waals surface area contributed by atoms with Crippen molar-refractivity contribution in [3.63, 3.8) is 0 Å². The SMILES string of the molecule is CCCCC(N[C@H](C)C1CCCCCC1)c1ccccc1.